The minimum atomic E-state index is -0.242. The van der Waals surface area contributed by atoms with Gasteiger partial charge in [-0.05, 0) is 20.3 Å². The first-order valence-corrected chi connectivity index (χ1v) is 9.52. The molecule has 126 valence electrons. The molecule has 23 heavy (non-hydrogen) atoms. The van der Waals surface area contributed by atoms with Crippen molar-refractivity contribution in [1.29, 1.82) is 0 Å². The van der Waals surface area contributed by atoms with Crippen LogP contribution < -0.4 is 5.32 Å². The highest BCUT2D eigenvalue weighted by molar-refractivity contribution is 8.01. The minimum Gasteiger partial charge on any atom is -0.354 e. The second kappa shape index (κ2) is 8.44. The van der Waals surface area contributed by atoms with Crippen LogP contribution in [0.25, 0.3) is 0 Å². The SMILES string of the molecule is Cc1nnc(SCCCNC(=O)[C@H](C)n2ccnc2C(C)C)s1. The third kappa shape index (κ3) is 5.04. The van der Waals surface area contributed by atoms with Crippen molar-refractivity contribution < 1.29 is 4.79 Å². The van der Waals surface area contributed by atoms with E-state index in [0.717, 1.165) is 27.3 Å². The van der Waals surface area contributed by atoms with Gasteiger partial charge in [0.2, 0.25) is 5.91 Å². The van der Waals surface area contributed by atoms with Crippen LogP contribution in [0.4, 0.5) is 0 Å². The van der Waals surface area contributed by atoms with E-state index in [2.05, 4.69) is 34.3 Å². The van der Waals surface area contributed by atoms with Crippen molar-refractivity contribution in [3.63, 3.8) is 0 Å². The van der Waals surface area contributed by atoms with Crippen molar-refractivity contribution in [3.8, 4) is 0 Å². The first-order valence-electron chi connectivity index (χ1n) is 7.72. The van der Waals surface area contributed by atoms with Crippen molar-refractivity contribution in [2.24, 2.45) is 0 Å². The van der Waals surface area contributed by atoms with E-state index in [1.807, 2.05) is 24.6 Å². The number of nitrogens with one attached hydrogen (secondary N) is 1. The first kappa shape index (κ1) is 17.9. The molecule has 0 aromatic carbocycles. The molecule has 0 unspecified atom stereocenters. The highest BCUT2D eigenvalue weighted by atomic mass is 32.2. The third-order valence-electron chi connectivity index (χ3n) is 3.37. The van der Waals surface area contributed by atoms with E-state index in [1.54, 1.807) is 29.3 Å². The Hall–Kier alpha value is -1.41. The topological polar surface area (TPSA) is 72.7 Å². The average Bonchev–Trinajstić information content (AvgIpc) is 3.14. The lowest BCUT2D eigenvalue weighted by atomic mass is 10.2. The number of thioether (sulfide) groups is 1. The molecule has 0 aliphatic rings. The first-order chi connectivity index (χ1) is 11.0. The lowest BCUT2D eigenvalue weighted by Crippen LogP contribution is -2.32. The van der Waals surface area contributed by atoms with Gasteiger partial charge < -0.3 is 9.88 Å². The summed E-state index contributed by atoms with van der Waals surface area (Å²) in [5, 5.41) is 12.0. The zero-order valence-electron chi connectivity index (χ0n) is 13.9. The van der Waals surface area contributed by atoms with E-state index >= 15 is 0 Å². The maximum Gasteiger partial charge on any atom is 0.242 e. The molecule has 0 spiro atoms. The van der Waals surface area contributed by atoms with E-state index < -0.39 is 0 Å². The Morgan fingerprint density at radius 1 is 1.39 bits per heavy atom. The second-order valence-electron chi connectivity index (χ2n) is 5.60. The molecule has 0 fully saturated rings. The summed E-state index contributed by atoms with van der Waals surface area (Å²) in [7, 11) is 0. The van der Waals surface area contributed by atoms with E-state index in [0.29, 0.717) is 12.5 Å². The molecule has 1 amide bonds. The number of nitrogens with zero attached hydrogens (tertiary/aromatic N) is 4. The Labute approximate surface area is 145 Å². The molecule has 2 aromatic heterocycles. The fourth-order valence-electron chi connectivity index (χ4n) is 2.15. The van der Waals surface area contributed by atoms with Gasteiger partial charge in [-0.2, -0.15) is 0 Å². The summed E-state index contributed by atoms with van der Waals surface area (Å²) >= 11 is 3.29. The Morgan fingerprint density at radius 3 is 2.83 bits per heavy atom. The fourth-order valence-corrected chi connectivity index (χ4v) is 3.98. The van der Waals surface area contributed by atoms with Crippen LogP contribution in [0, 0.1) is 6.92 Å². The monoisotopic (exact) mass is 353 g/mol. The molecule has 8 heteroatoms. The zero-order chi connectivity index (χ0) is 16.8. The molecular formula is C15H23N5OS2. The van der Waals surface area contributed by atoms with Crippen LogP contribution in [-0.4, -0.2) is 38.0 Å². The average molecular weight is 354 g/mol. The van der Waals surface area contributed by atoms with Crippen LogP contribution in [0.3, 0.4) is 0 Å². The van der Waals surface area contributed by atoms with Crippen molar-refractivity contribution in [1.82, 2.24) is 25.1 Å². The lowest BCUT2D eigenvalue weighted by molar-refractivity contribution is -0.123. The molecule has 1 atom stereocenters. The van der Waals surface area contributed by atoms with Gasteiger partial charge in [-0.25, -0.2) is 4.98 Å². The molecular weight excluding hydrogens is 330 g/mol. The number of carbonyl (C=O) groups is 1. The predicted molar refractivity (Wildman–Crippen MR) is 94.0 cm³/mol. The van der Waals surface area contributed by atoms with E-state index in [4.69, 9.17) is 0 Å². The lowest BCUT2D eigenvalue weighted by Gasteiger charge is -2.17. The number of amides is 1. The van der Waals surface area contributed by atoms with Gasteiger partial charge in [0.1, 0.15) is 16.9 Å². The fraction of sp³-hybridized carbons (Fsp3) is 0.600. The normalized spacial score (nSPS) is 12.6. The van der Waals surface area contributed by atoms with Gasteiger partial charge in [-0.3, -0.25) is 4.79 Å². The van der Waals surface area contributed by atoms with Crippen LogP contribution in [-0.2, 0) is 4.79 Å². The van der Waals surface area contributed by atoms with Gasteiger partial charge in [0.15, 0.2) is 4.34 Å². The van der Waals surface area contributed by atoms with Gasteiger partial charge >= 0.3 is 0 Å². The minimum absolute atomic E-state index is 0.0293. The van der Waals surface area contributed by atoms with Crippen molar-refractivity contribution in [2.45, 2.75) is 50.4 Å². The number of hydrogen-bond acceptors (Lipinski definition) is 6. The summed E-state index contributed by atoms with van der Waals surface area (Å²) in [5.74, 6) is 2.19. The van der Waals surface area contributed by atoms with Crippen molar-refractivity contribution in [3.05, 3.63) is 23.2 Å². The molecule has 0 saturated heterocycles. The van der Waals surface area contributed by atoms with Crippen LogP contribution in [0.5, 0.6) is 0 Å². The third-order valence-corrected chi connectivity index (χ3v) is 5.42. The van der Waals surface area contributed by atoms with Gasteiger partial charge in [0, 0.05) is 30.6 Å². The Balaban J connectivity index is 1.72. The summed E-state index contributed by atoms with van der Waals surface area (Å²) < 4.78 is 2.93. The Morgan fingerprint density at radius 2 is 2.17 bits per heavy atom. The number of aryl methyl sites for hydroxylation is 1. The zero-order valence-corrected chi connectivity index (χ0v) is 15.6. The van der Waals surface area contributed by atoms with Crippen molar-refractivity contribution >= 4 is 29.0 Å². The number of aromatic nitrogens is 4. The summed E-state index contributed by atoms with van der Waals surface area (Å²) in [6, 6.07) is -0.242. The molecule has 0 aliphatic carbocycles. The molecule has 2 aromatic rings. The smallest absolute Gasteiger partial charge is 0.242 e. The summed E-state index contributed by atoms with van der Waals surface area (Å²) in [4.78, 5) is 16.6. The molecule has 0 saturated carbocycles. The van der Waals surface area contributed by atoms with Crippen molar-refractivity contribution in [2.75, 3.05) is 12.3 Å². The molecule has 0 radical (unpaired) electrons. The molecule has 0 aliphatic heterocycles. The second-order valence-corrected chi connectivity index (χ2v) is 8.13. The molecule has 2 heterocycles. The van der Waals surface area contributed by atoms with Gasteiger partial charge in [-0.1, -0.05) is 36.9 Å². The van der Waals surface area contributed by atoms with E-state index in [1.165, 1.54) is 0 Å². The Bertz CT molecular complexity index is 637. The summed E-state index contributed by atoms with van der Waals surface area (Å²) in [6.07, 6.45) is 4.52. The maximum absolute atomic E-state index is 12.3. The Kier molecular flexibility index (Phi) is 6.59. The van der Waals surface area contributed by atoms with Crippen LogP contribution in [0.2, 0.25) is 0 Å². The summed E-state index contributed by atoms with van der Waals surface area (Å²) in [6.45, 7) is 8.68. The number of carbonyl (C=O) groups excluding carboxylic acids is 1. The molecule has 2 rings (SSSR count). The number of imidazole rings is 1. The van der Waals surface area contributed by atoms with E-state index in [9.17, 15) is 4.79 Å². The largest absolute Gasteiger partial charge is 0.354 e. The van der Waals surface area contributed by atoms with Crippen LogP contribution >= 0.6 is 23.1 Å². The number of hydrogen-bond donors (Lipinski definition) is 1. The quantitative estimate of drug-likeness (QED) is 0.583. The molecule has 0 bridgehead atoms. The van der Waals surface area contributed by atoms with Gasteiger partial charge in [0.05, 0.1) is 0 Å². The highest BCUT2D eigenvalue weighted by Crippen LogP contribution is 2.22. The van der Waals surface area contributed by atoms with Crippen LogP contribution in [0.15, 0.2) is 16.7 Å². The highest BCUT2D eigenvalue weighted by Gasteiger charge is 2.18. The van der Waals surface area contributed by atoms with Crippen LogP contribution in [0.1, 0.15) is 50.0 Å². The van der Waals surface area contributed by atoms with Gasteiger partial charge in [0.25, 0.3) is 0 Å². The number of rotatable bonds is 8. The maximum atomic E-state index is 12.3. The summed E-state index contributed by atoms with van der Waals surface area (Å²) in [5.41, 5.74) is 0. The standard InChI is InChI=1S/C15H23N5OS2/c1-10(2)13-16-7-8-20(13)11(3)14(21)17-6-5-9-22-15-19-18-12(4)23-15/h7-8,10-11H,5-6,9H2,1-4H3,(H,17,21)/t11-/m0/s1. The predicted octanol–water partition coefficient (Wildman–Crippen LogP) is 3.03. The molecule has 6 nitrogen and oxygen atoms in total. The van der Waals surface area contributed by atoms with E-state index in [-0.39, 0.29) is 11.9 Å². The molecule has 1 N–H and O–H groups in total. The van der Waals surface area contributed by atoms with Gasteiger partial charge in [-0.15, -0.1) is 10.2 Å².